The monoisotopic (exact) mass is 261 g/mol. The summed E-state index contributed by atoms with van der Waals surface area (Å²) in [5.41, 5.74) is 0.600. The van der Waals surface area contributed by atoms with Gasteiger partial charge in [-0.25, -0.2) is 9.78 Å². The fourth-order valence-corrected chi connectivity index (χ4v) is 2.75. The highest BCUT2D eigenvalue weighted by Gasteiger charge is 2.36. The molecule has 0 radical (unpaired) electrons. The van der Waals surface area contributed by atoms with Gasteiger partial charge in [0, 0.05) is 18.9 Å². The largest absolute Gasteiger partial charge is 0.480 e. The summed E-state index contributed by atoms with van der Waals surface area (Å²) in [4.78, 5) is 17.7. The summed E-state index contributed by atoms with van der Waals surface area (Å²) < 4.78 is 1.75. The summed E-state index contributed by atoms with van der Waals surface area (Å²) in [5.74, 6) is -0.120. The van der Waals surface area contributed by atoms with Gasteiger partial charge in [-0.2, -0.15) is 0 Å². The number of carboxylic acid groups (broad SMARTS) is 1. The lowest BCUT2D eigenvalue weighted by atomic mass is 9.91. The lowest BCUT2D eigenvalue weighted by Gasteiger charge is -2.37. The maximum atomic E-state index is 11.5. The van der Waals surface area contributed by atoms with Crippen molar-refractivity contribution in [3.8, 4) is 0 Å². The van der Waals surface area contributed by atoms with Crippen LogP contribution in [0.2, 0.25) is 0 Å². The average molecular weight is 261 g/mol. The molecule has 1 saturated heterocycles. The van der Waals surface area contributed by atoms with E-state index in [4.69, 9.17) is 0 Å². The summed E-state index contributed by atoms with van der Waals surface area (Å²) >= 11 is 0. The second-order valence-corrected chi connectivity index (χ2v) is 4.91. The van der Waals surface area contributed by atoms with Crippen molar-refractivity contribution in [3.05, 3.63) is 18.7 Å². The van der Waals surface area contributed by atoms with E-state index in [-0.39, 0.29) is 5.92 Å². The molecule has 0 spiro atoms. The van der Waals surface area contributed by atoms with Crippen molar-refractivity contribution >= 4 is 17.4 Å². The third-order valence-corrected chi connectivity index (χ3v) is 3.66. The maximum absolute atomic E-state index is 11.5. The Morgan fingerprint density at radius 1 is 1.53 bits per heavy atom. The van der Waals surface area contributed by atoms with Crippen LogP contribution in [-0.2, 0) is 4.79 Å². The molecule has 0 saturated carbocycles. The quantitative estimate of drug-likeness (QED) is 0.861. The lowest BCUT2D eigenvalue weighted by molar-refractivity contribution is -0.140. The molecule has 100 valence electrons. The van der Waals surface area contributed by atoms with Crippen LogP contribution in [0, 0.1) is 5.92 Å². The molecular formula is C12H15N5O2. The number of hydrogen-bond acceptors (Lipinski definition) is 5. The number of rotatable bonds is 2. The standard InChI is InChI=1S/C12H15N5O2/c1-8-3-2-5-17(9(8)12(18)19)10-11-15-14-7-16(11)6-4-13-10/h4,6-9H,2-3,5H2,1H3,(H,18,19). The predicted octanol–water partition coefficient (Wildman–Crippen LogP) is 0.814. The highest BCUT2D eigenvalue weighted by molar-refractivity contribution is 5.80. The van der Waals surface area contributed by atoms with Crippen molar-refractivity contribution < 1.29 is 9.90 Å². The van der Waals surface area contributed by atoms with Crippen LogP contribution in [0.25, 0.3) is 5.65 Å². The number of nitrogens with zero attached hydrogens (tertiary/aromatic N) is 5. The van der Waals surface area contributed by atoms with Gasteiger partial charge in [0.2, 0.25) is 5.65 Å². The molecule has 0 bridgehead atoms. The van der Waals surface area contributed by atoms with E-state index in [9.17, 15) is 9.90 Å². The SMILES string of the molecule is CC1CCCN(c2nccn3cnnc23)C1C(=O)O. The molecule has 7 nitrogen and oxygen atoms in total. The van der Waals surface area contributed by atoms with Crippen molar-refractivity contribution in [2.24, 2.45) is 5.92 Å². The minimum Gasteiger partial charge on any atom is -0.480 e. The van der Waals surface area contributed by atoms with Crippen LogP contribution in [0.1, 0.15) is 19.8 Å². The Morgan fingerprint density at radius 2 is 2.37 bits per heavy atom. The number of aromatic nitrogens is 4. The fourth-order valence-electron chi connectivity index (χ4n) is 2.75. The molecule has 3 rings (SSSR count). The van der Waals surface area contributed by atoms with Crippen molar-refractivity contribution in [3.63, 3.8) is 0 Å². The molecule has 2 aromatic heterocycles. The van der Waals surface area contributed by atoms with E-state index >= 15 is 0 Å². The Kier molecular flexibility index (Phi) is 2.81. The number of fused-ring (bicyclic) bond motifs is 1. The van der Waals surface area contributed by atoms with E-state index in [0.717, 1.165) is 12.8 Å². The Morgan fingerprint density at radius 3 is 3.16 bits per heavy atom. The first-order chi connectivity index (χ1) is 9.18. The van der Waals surface area contributed by atoms with Crippen molar-refractivity contribution in [2.75, 3.05) is 11.4 Å². The normalized spacial score (nSPS) is 23.7. The van der Waals surface area contributed by atoms with Crippen LogP contribution >= 0.6 is 0 Å². The van der Waals surface area contributed by atoms with Crippen LogP contribution in [0.15, 0.2) is 18.7 Å². The van der Waals surface area contributed by atoms with Crippen LogP contribution < -0.4 is 4.90 Å². The first-order valence-electron chi connectivity index (χ1n) is 6.32. The number of aliphatic carboxylic acids is 1. The molecule has 1 fully saturated rings. The molecule has 2 aromatic rings. The van der Waals surface area contributed by atoms with Crippen molar-refractivity contribution in [1.29, 1.82) is 0 Å². The van der Waals surface area contributed by atoms with E-state index in [0.29, 0.717) is 18.0 Å². The van der Waals surface area contributed by atoms with Gasteiger partial charge in [-0.05, 0) is 18.8 Å². The molecule has 1 N–H and O–H groups in total. The molecule has 1 aliphatic heterocycles. The van der Waals surface area contributed by atoms with Gasteiger partial charge < -0.3 is 10.0 Å². The number of piperidine rings is 1. The molecule has 2 atom stereocenters. The summed E-state index contributed by atoms with van der Waals surface area (Å²) in [6.07, 6.45) is 6.86. The highest BCUT2D eigenvalue weighted by Crippen LogP contribution is 2.29. The molecule has 0 amide bonds. The zero-order valence-electron chi connectivity index (χ0n) is 10.6. The molecule has 2 unspecified atom stereocenters. The topological polar surface area (TPSA) is 83.6 Å². The van der Waals surface area contributed by atoms with Gasteiger partial charge in [-0.1, -0.05) is 6.92 Å². The predicted molar refractivity (Wildman–Crippen MR) is 67.9 cm³/mol. The van der Waals surface area contributed by atoms with Gasteiger partial charge in [-0.3, -0.25) is 4.40 Å². The van der Waals surface area contributed by atoms with E-state index in [2.05, 4.69) is 15.2 Å². The Labute approximate surface area is 109 Å². The summed E-state index contributed by atoms with van der Waals surface area (Å²) in [5, 5.41) is 17.3. The first kappa shape index (κ1) is 11.9. The van der Waals surface area contributed by atoms with Crippen LogP contribution in [-0.4, -0.2) is 43.2 Å². The molecular weight excluding hydrogens is 246 g/mol. The lowest BCUT2D eigenvalue weighted by Crippen LogP contribution is -2.50. The third-order valence-electron chi connectivity index (χ3n) is 3.66. The third kappa shape index (κ3) is 1.91. The van der Waals surface area contributed by atoms with Gasteiger partial charge >= 0.3 is 5.97 Å². The summed E-state index contributed by atoms with van der Waals surface area (Å²) in [6.45, 7) is 2.65. The number of anilines is 1. The second kappa shape index (κ2) is 4.49. The Balaban J connectivity index is 2.08. The zero-order chi connectivity index (χ0) is 13.4. The molecule has 0 aliphatic carbocycles. The average Bonchev–Trinajstić information content (AvgIpc) is 2.85. The Hall–Kier alpha value is -2.18. The van der Waals surface area contributed by atoms with Gasteiger partial charge in [0.25, 0.3) is 0 Å². The molecule has 3 heterocycles. The van der Waals surface area contributed by atoms with Crippen molar-refractivity contribution in [1.82, 2.24) is 19.6 Å². The van der Waals surface area contributed by atoms with Crippen molar-refractivity contribution in [2.45, 2.75) is 25.8 Å². The first-order valence-corrected chi connectivity index (χ1v) is 6.32. The van der Waals surface area contributed by atoms with E-state index in [1.807, 2.05) is 11.8 Å². The van der Waals surface area contributed by atoms with Crippen LogP contribution in [0.3, 0.4) is 0 Å². The van der Waals surface area contributed by atoms with Crippen LogP contribution in [0.4, 0.5) is 5.82 Å². The summed E-state index contributed by atoms with van der Waals surface area (Å²) in [7, 11) is 0. The number of carboxylic acids is 1. The van der Waals surface area contributed by atoms with E-state index < -0.39 is 12.0 Å². The molecule has 1 aliphatic rings. The smallest absolute Gasteiger partial charge is 0.326 e. The highest BCUT2D eigenvalue weighted by atomic mass is 16.4. The summed E-state index contributed by atoms with van der Waals surface area (Å²) in [6, 6.07) is -0.552. The number of hydrogen-bond donors (Lipinski definition) is 1. The maximum Gasteiger partial charge on any atom is 0.326 e. The van der Waals surface area contributed by atoms with Gasteiger partial charge in [0.15, 0.2) is 5.82 Å². The second-order valence-electron chi connectivity index (χ2n) is 4.91. The van der Waals surface area contributed by atoms with Gasteiger partial charge in [0.1, 0.15) is 12.4 Å². The number of carbonyl (C=O) groups is 1. The minimum atomic E-state index is -0.810. The van der Waals surface area contributed by atoms with Crippen LogP contribution in [0.5, 0.6) is 0 Å². The van der Waals surface area contributed by atoms with E-state index in [1.165, 1.54) is 0 Å². The Bertz CT molecular complexity index is 611. The van der Waals surface area contributed by atoms with Gasteiger partial charge in [0.05, 0.1) is 0 Å². The zero-order valence-corrected chi connectivity index (χ0v) is 10.6. The fraction of sp³-hybridized carbons (Fsp3) is 0.500. The van der Waals surface area contributed by atoms with E-state index in [1.54, 1.807) is 23.1 Å². The molecule has 7 heteroatoms. The molecule has 19 heavy (non-hydrogen) atoms. The molecule has 0 aromatic carbocycles. The minimum absolute atomic E-state index is 0.0937. The van der Waals surface area contributed by atoms with Gasteiger partial charge in [-0.15, -0.1) is 10.2 Å².